The molecule has 0 saturated heterocycles. The molecule has 0 spiro atoms. The van der Waals surface area contributed by atoms with Crippen molar-refractivity contribution in [2.45, 2.75) is 0 Å². The molecule has 0 unspecified atom stereocenters. The van der Waals surface area contributed by atoms with Crippen molar-refractivity contribution in [1.29, 1.82) is 0 Å². The van der Waals surface area contributed by atoms with Gasteiger partial charge in [0, 0.05) is 48.5 Å². The van der Waals surface area contributed by atoms with E-state index >= 15 is 0 Å². The number of aromatic nitrogens is 4. The molecule has 0 fully saturated rings. The summed E-state index contributed by atoms with van der Waals surface area (Å²) >= 11 is 0. The van der Waals surface area contributed by atoms with Crippen LogP contribution in [0.25, 0.3) is 5.69 Å². The van der Waals surface area contributed by atoms with Crippen LogP contribution in [0.1, 0.15) is 0 Å². The second kappa shape index (κ2) is 12.4. The minimum Gasteiger partial charge on any atom is -0.508 e. The van der Waals surface area contributed by atoms with Gasteiger partial charge in [0.2, 0.25) is 0 Å². The van der Waals surface area contributed by atoms with Crippen LogP contribution in [-0.4, -0.2) is 26.8 Å². The number of para-hydroxylation sites is 2. The molecule has 0 aliphatic carbocycles. The summed E-state index contributed by atoms with van der Waals surface area (Å²) in [5.74, 6) is 1.75. The fourth-order valence-electron chi connectivity index (χ4n) is 4.22. The largest absolute Gasteiger partial charge is 2.00 e. The summed E-state index contributed by atoms with van der Waals surface area (Å²) in [7, 11) is 1.96. The van der Waals surface area contributed by atoms with Gasteiger partial charge in [-0.15, -0.1) is 24.3 Å². The fourth-order valence-corrected chi connectivity index (χ4v) is 4.22. The number of hydrogen-bond acceptors (Lipinski definition) is 6. The van der Waals surface area contributed by atoms with Gasteiger partial charge in [0.1, 0.15) is 5.82 Å². The van der Waals surface area contributed by atoms with E-state index in [-0.39, 0.29) is 20.4 Å². The van der Waals surface area contributed by atoms with Crippen LogP contribution in [0.4, 0.5) is 28.6 Å². The summed E-state index contributed by atoms with van der Waals surface area (Å²) in [6.45, 7) is 0. The molecule has 198 valence electrons. The molecule has 3 aromatic heterocycles. The van der Waals surface area contributed by atoms with Crippen molar-refractivity contribution in [1.82, 2.24) is 19.7 Å². The van der Waals surface area contributed by atoms with Gasteiger partial charge in [-0.05, 0) is 54.3 Å². The van der Waals surface area contributed by atoms with E-state index in [4.69, 9.17) is 4.74 Å². The number of anilines is 5. The zero-order valence-electron chi connectivity index (χ0n) is 21.5. The Morgan fingerprint density at radius 2 is 1.45 bits per heavy atom. The monoisotopic (exact) mass is 614 g/mol. The first-order chi connectivity index (χ1) is 19.2. The van der Waals surface area contributed by atoms with Gasteiger partial charge in [0.25, 0.3) is 0 Å². The molecule has 0 bridgehead atoms. The molecule has 0 N–H and O–H groups in total. The van der Waals surface area contributed by atoms with Crippen molar-refractivity contribution in [3.05, 3.63) is 140 Å². The van der Waals surface area contributed by atoms with Crippen molar-refractivity contribution < 1.29 is 25.2 Å². The van der Waals surface area contributed by atoms with Gasteiger partial charge < -0.3 is 19.5 Å². The van der Waals surface area contributed by atoms with Gasteiger partial charge in [0.05, 0.1) is 0 Å². The second-order valence-corrected chi connectivity index (χ2v) is 8.68. The number of ether oxygens (including phenoxy) is 1. The summed E-state index contributed by atoms with van der Waals surface area (Å²) in [5.41, 5.74) is 4.39. The standard InChI is InChI=1S/C32H24N6O.Pd/c1-36(32-15-8-9-16-34-32)27-19-28(38(25-11-4-2-5-12-25)26-13-6-3-7-14-26)21-30(20-27)39-31-22-29(23-33-24-31)37-18-10-17-35-37;/h2-19,21,23-24H,1H3;/q-2;+2. The van der Waals surface area contributed by atoms with Crippen LogP contribution >= 0.6 is 0 Å². The van der Waals surface area contributed by atoms with E-state index in [1.54, 1.807) is 29.5 Å². The molecule has 3 heterocycles. The Hall–Kier alpha value is -4.77. The average molecular weight is 615 g/mol. The summed E-state index contributed by atoms with van der Waals surface area (Å²) in [4.78, 5) is 13.0. The molecular formula is C32H24N6OPd. The van der Waals surface area contributed by atoms with E-state index in [2.05, 4.69) is 62.4 Å². The minimum atomic E-state index is 0. The maximum atomic E-state index is 6.32. The van der Waals surface area contributed by atoms with Crippen molar-refractivity contribution in [2.24, 2.45) is 0 Å². The third-order valence-corrected chi connectivity index (χ3v) is 6.07. The van der Waals surface area contributed by atoms with Gasteiger partial charge in [0.15, 0.2) is 0 Å². The SMILES string of the molecule is CN(c1[c-]c(Oc2[c-]c(-n3cccn3)cnc2)cc(N(c2ccccc2)c2ccccc2)c1)c1ccccn1.[Pd+2]. The molecule has 6 rings (SSSR count). The normalized spacial score (nSPS) is 10.4. The molecule has 0 radical (unpaired) electrons. The molecule has 0 aliphatic heterocycles. The molecule has 0 atom stereocenters. The summed E-state index contributed by atoms with van der Waals surface area (Å²) in [6, 6.07) is 38.8. The number of rotatable bonds is 8. The van der Waals surface area contributed by atoms with E-state index in [0.717, 1.165) is 28.6 Å². The van der Waals surface area contributed by atoms with Crippen LogP contribution < -0.4 is 14.5 Å². The molecule has 3 aromatic carbocycles. The minimum absolute atomic E-state index is 0. The Balaban J connectivity index is 0.00000323. The van der Waals surface area contributed by atoms with Crippen LogP contribution in [0.3, 0.4) is 0 Å². The number of nitrogens with zero attached hydrogens (tertiary/aromatic N) is 6. The van der Waals surface area contributed by atoms with Crippen molar-refractivity contribution in [3.63, 3.8) is 0 Å². The summed E-state index contributed by atoms with van der Waals surface area (Å²) in [5, 5.41) is 4.27. The topological polar surface area (TPSA) is 59.3 Å². The van der Waals surface area contributed by atoms with E-state index in [0.29, 0.717) is 17.2 Å². The zero-order chi connectivity index (χ0) is 26.4. The molecule has 7 nitrogen and oxygen atoms in total. The molecular weight excluding hydrogens is 591 g/mol. The molecule has 0 saturated carbocycles. The Morgan fingerprint density at radius 3 is 2.10 bits per heavy atom. The average Bonchev–Trinajstić information content (AvgIpc) is 3.54. The Kier molecular flexibility index (Phi) is 8.31. The van der Waals surface area contributed by atoms with E-state index in [9.17, 15) is 0 Å². The molecule has 0 amide bonds. The first-order valence-electron chi connectivity index (χ1n) is 12.4. The molecule has 40 heavy (non-hydrogen) atoms. The number of hydrogen-bond donors (Lipinski definition) is 0. The van der Waals surface area contributed by atoms with Gasteiger partial charge in [-0.3, -0.25) is 4.68 Å². The quantitative estimate of drug-likeness (QED) is 0.133. The third kappa shape index (κ3) is 5.94. The maximum Gasteiger partial charge on any atom is 2.00 e. The van der Waals surface area contributed by atoms with Gasteiger partial charge in [-0.25, -0.2) is 4.98 Å². The zero-order valence-corrected chi connectivity index (χ0v) is 23.1. The van der Waals surface area contributed by atoms with Crippen LogP contribution in [0, 0.1) is 12.1 Å². The van der Waals surface area contributed by atoms with Gasteiger partial charge >= 0.3 is 20.4 Å². The summed E-state index contributed by atoms with van der Waals surface area (Å²) in [6.07, 6.45) is 8.63. The maximum absolute atomic E-state index is 6.32. The molecule has 8 heteroatoms. The third-order valence-electron chi connectivity index (χ3n) is 6.07. The van der Waals surface area contributed by atoms with E-state index < -0.39 is 0 Å². The predicted octanol–water partition coefficient (Wildman–Crippen LogP) is 7.29. The predicted molar refractivity (Wildman–Crippen MR) is 153 cm³/mol. The van der Waals surface area contributed by atoms with Crippen LogP contribution in [0.15, 0.2) is 128 Å². The smallest absolute Gasteiger partial charge is 0.508 e. The Labute approximate surface area is 247 Å². The molecule has 0 aliphatic rings. The van der Waals surface area contributed by atoms with Crippen molar-refractivity contribution >= 4 is 28.6 Å². The van der Waals surface area contributed by atoms with Crippen molar-refractivity contribution in [3.8, 4) is 17.2 Å². The van der Waals surface area contributed by atoms with Crippen LogP contribution in [0.2, 0.25) is 0 Å². The Morgan fingerprint density at radius 1 is 0.725 bits per heavy atom. The van der Waals surface area contributed by atoms with Gasteiger partial charge in [-0.2, -0.15) is 5.10 Å². The fraction of sp³-hybridized carbons (Fsp3) is 0.0312. The first-order valence-corrected chi connectivity index (χ1v) is 12.4. The van der Waals surface area contributed by atoms with Crippen LogP contribution in [0.5, 0.6) is 11.5 Å². The first kappa shape index (κ1) is 26.8. The van der Waals surface area contributed by atoms with E-state index in [1.165, 1.54) is 0 Å². The molecule has 6 aromatic rings. The number of pyridine rings is 2. The van der Waals surface area contributed by atoms with Crippen molar-refractivity contribution in [2.75, 3.05) is 16.8 Å². The van der Waals surface area contributed by atoms with Gasteiger partial charge in [-0.1, -0.05) is 60.0 Å². The number of benzene rings is 3. The Bertz CT molecular complexity index is 1610. The summed E-state index contributed by atoms with van der Waals surface area (Å²) < 4.78 is 8.01. The van der Waals surface area contributed by atoms with Crippen LogP contribution in [-0.2, 0) is 20.4 Å². The van der Waals surface area contributed by atoms with E-state index in [1.807, 2.05) is 84.9 Å². The second-order valence-electron chi connectivity index (χ2n) is 8.68.